The quantitative estimate of drug-likeness (QED) is 0.367. The van der Waals surface area contributed by atoms with Crippen LogP contribution in [0.15, 0.2) is 0 Å². The van der Waals surface area contributed by atoms with Gasteiger partial charge in [0, 0.05) is 13.1 Å². The van der Waals surface area contributed by atoms with Crippen LogP contribution >= 0.6 is 0 Å². The Balaban J connectivity index is 2.06. The first kappa shape index (κ1) is 13.2. The zero-order valence-electron chi connectivity index (χ0n) is 9.44. The molecule has 1 unspecified atom stereocenters. The lowest BCUT2D eigenvalue weighted by Gasteiger charge is -2.29. The van der Waals surface area contributed by atoms with E-state index in [9.17, 15) is 20.4 Å². The molecule has 2 fully saturated rings. The molecule has 0 aromatic rings. The molecule has 2 heterocycles. The molecule has 7 heteroatoms. The Morgan fingerprint density at radius 2 is 1.88 bits per heavy atom. The smallest absolute Gasteiger partial charge is 0.219 e. The first-order valence-electron chi connectivity index (χ1n) is 5.79. The van der Waals surface area contributed by atoms with Crippen molar-refractivity contribution in [2.75, 3.05) is 19.7 Å². The Morgan fingerprint density at radius 1 is 1.29 bits per heavy atom. The summed E-state index contributed by atoms with van der Waals surface area (Å²) in [4.78, 5) is 1.71. The number of ether oxygens (including phenoxy) is 1. The summed E-state index contributed by atoms with van der Waals surface area (Å²) in [5, 5.41) is 47.9. The zero-order valence-corrected chi connectivity index (χ0v) is 9.44. The van der Waals surface area contributed by atoms with Gasteiger partial charge in [0.05, 0.1) is 6.61 Å². The van der Waals surface area contributed by atoms with Crippen LogP contribution in [0.3, 0.4) is 0 Å². The van der Waals surface area contributed by atoms with Crippen LogP contribution in [-0.4, -0.2) is 80.5 Å². The van der Waals surface area contributed by atoms with Crippen LogP contribution in [0.1, 0.15) is 12.8 Å². The molecular weight excluding hydrogens is 230 g/mol. The van der Waals surface area contributed by atoms with Crippen molar-refractivity contribution in [1.29, 1.82) is 0 Å². The highest BCUT2D eigenvalue weighted by atomic mass is 16.7. The second-order valence-electron chi connectivity index (χ2n) is 4.68. The van der Waals surface area contributed by atoms with Gasteiger partial charge < -0.3 is 30.3 Å². The van der Waals surface area contributed by atoms with Crippen molar-refractivity contribution in [2.45, 2.75) is 43.2 Å². The molecule has 17 heavy (non-hydrogen) atoms. The van der Waals surface area contributed by atoms with Crippen LogP contribution in [0.5, 0.6) is 0 Å². The van der Waals surface area contributed by atoms with E-state index in [1.54, 1.807) is 4.90 Å². The van der Waals surface area contributed by atoms with Gasteiger partial charge in [-0.05, 0) is 12.8 Å². The van der Waals surface area contributed by atoms with Crippen LogP contribution in [0.2, 0.25) is 0 Å². The largest absolute Gasteiger partial charge is 0.391 e. The molecule has 100 valence electrons. The highest BCUT2D eigenvalue weighted by Crippen LogP contribution is 2.32. The maximum atomic E-state index is 10.0. The average Bonchev–Trinajstić information content (AvgIpc) is 2.92. The maximum Gasteiger partial charge on any atom is 0.219 e. The second-order valence-corrected chi connectivity index (χ2v) is 4.68. The maximum absolute atomic E-state index is 10.0. The summed E-state index contributed by atoms with van der Waals surface area (Å²) in [5.41, 5.74) is 0. The summed E-state index contributed by atoms with van der Waals surface area (Å²) in [7, 11) is 0. The van der Waals surface area contributed by atoms with Crippen LogP contribution in [0.4, 0.5) is 0 Å². The third-order valence-corrected chi connectivity index (χ3v) is 3.50. The first-order valence-corrected chi connectivity index (χ1v) is 5.79. The van der Waals surface area contributed by atoms with Crippen molar-refractivity contribution in [3.63, 3.8) is 0 Å². The van der Waals surface area contributed by atoms with E-state index in [0.717, 1.165) is 12.8 Å². The van der Waals surface area contributed by atoms with Crippen molar-refractivity contribution in [3.05, 3.63) is 0 Å². The van der Waals surface area contributed by atoms with Crippen LogP contribution in [0, 0.1) is 0 Å². The van der Waals surface area contributed by atoms with E-state index in [2.05, 4.69) is 0 Å². The third-order valence-electron chi connectivity index (χ3n) is 3.50. The van der Waals surface area contributed by atoms with E-state index in [1.807, 2.05) is 0 Å². The summed E-state index contributed by atoms with van der Waals surface area (Å²) in [6, 6.07) is 0. The van der Waals surface area contributed by atoms with Crippen LogP contribution in [-0.2, 0) is 4.74 Å². The van der Waals surface area contributed by atoms with Gasteiger partial charge in [-0.3, -0.25) is 4.90 Å². The van der Waals surface area contributed by atoms with E-state index in [4.69, 9.17) is 9.84 Å². The van der Waals surface area contributed by atoms with Gasteiger partial charge >= 0.3 is 0 Å². The lowest BCUT2D eigenvalue weighted by molar-refractivity contribution is -0.260. The topological polar surface area (TPSA) is 114 Å². The fourth-order valence-corrected chi connectivity index (χ4v) is 2.40. The molecule has 0 aromatic heterocycles. The molecule has 0 bridgehead atoms. The van der Waals surface area contributed by atoms with Gasteiger partial charge in [-0.2, -0.15) is 0 Å². The minimum Gasteiger partial charge on any atom is -0.391 e. The van der Waals surface area contributed by atoms with Crippen LogP contribution < -0.4 is 0 Å². The third kappa shape index (κ3) is 2.19. The molecule has 2 aliphatic rings. The van der Waals surface area contributed by atoms with E-state index >= 15 is 0 Å². The molecule has 0 saturated carbocycles. The Morgan fingerprint density at radius 3 is 2.35 bits per heavy atom. The molecule has 2 saturated heterocycles. The van der Waals surface area contributed by atoms with Crippen molar-refractivity contribution in [3.8, 4) is 0 Å². The highest BCUT2D eigenvalue weighted by molar-refractivity contribution is 4.98. The number of hydrogen-bond donors (Lipinski definition) is 5. The Labute approximate surface area is 98.9 Å². The van der Waals surface area contributed by atoms with Crippen molar-refractivity contribution in [2.24, 2.45) is 0 Å². The predicted molar refractivity (Wildman–Crippen MR) is 55.7 cm³/mol. The Bertz CT molecular complexity index is 272. The Hall–Kier alpha value is -0.280. The minimum atomic E-state index is -2.20. The molecule has 5 atom stereocenters. The van der Waals surface area contributed by atoms with Crippen LogP contribution in [0.25, 0.3) is 0 Å². The predicted octanol–water partition coefficient (Wildman–Crippen LogP) is -2.80. The molecular formula is C10H19NO6. The van der Waals surface area contributed by atoms with Gasteiger partial charge in [-0.25, -0.2) is 0 Å². The number of aliphatic hydroxyl groups is 5. The fourth-order valence-electron chi connectivity index (χ4n) is 2.40. The highest BCUT2D eigenvalue weighted by Gasteiger charge is 2.56. The number of likely N-dealkylation sites (tertiary alicyclic amines) is 1. The normalized spacial score (nSPS) is 45.4. The zero-order chi connectivity index (χ0) is 12.6. The van der Waals surface area contributed by atoms with Gasteiger partial charge in [-0.15, -0.1) is 0 Å². The standard InChI is InChI=1S/C10H19NO6/c12-5-10(16)8(14)6(13)7(17-10)9(15)11-3-1-2-4-11/h6-9,12-16H,1-5H2/t6-,7-,8+,9?,10-/m1/s1. The van der Waals surface area contributed by atoms with Gasteiger partial charge in [0.15, 0.2) is 0 Å². The first-order chi connectivity index (χ1) is 7.99. The minimum absolute atomic E-state index is 0.682. The molecule has 2 rings (SSSR count). The summed E-state index contributed by atoms with van der Waals surface area (Å²) < 4.78 is 5.01. The second kappa shape index (κ2) is 4.77. The number of nitrogens with zero attached hydrogens (tertiary/aromatic N) is 1. The monoisotopic (exact) mass is 249 g/mol. The summed E-state index contributed by atoms with van der Waals surface area (Å²) in [5.74, 6) is -2.20. The van der Waals surface area contributed by atoms with Gasteiger partial charge in [-0.1, -0.05) is 0 Å². The lowest BCUT2D eigenvalue weighted by Crippen LogP contribution is -2.47. The van der Waals surface area contributed by atoms with Crippen molar-refractivity contribution in [1.82, 2.24) is 4.90 Å². The lowest BCUT2D eigenvalue weighted by atomic mass is 10.0. The van der Waals surface area contributed by atoms with E-state index in [-0.39, 0.29) is 0 Å². The van der Waals surface area contributed by atoms with Crippen molar-refractivity contribution < 1.29 is 30.3 Å². The summed E-state index contributed by atoms with van der Waals surface area (Å²) in [6.45, 7) is 0.525. The average molecular weight is 249 g/mol. The molecule has 0 spiro atoms. The number of rotatable bonds is 3. The Kier molecular flexibility index (Phi) is 3.69. The van der Waals surface area contributed by atoms with E-state index in [1.165, 1.54) is 0 Å². The molecule has 2 aliphatic heterocycles. The molecule has 0 radical (unpaired) electrons. The van der Waals surface area contributed by atoms with Crippen molar-refractivity contribution >= 4 is 0 Å². The molecule has 0 amide bonds. The summed E-state index contributed by atoms with van der Waals surface area (Å²) in [6.07, 6.45) is -3.38. The SMILES string of the molecule is OC[C@@]1(O)O[C@@H](C(O)N2CCCC2)[C@@H](O)[C@@H]1O. The van der Waals surface area contributed by atoms with Gasteiger partial charge in [0.25, 0.3) is 0 Å². The molecule has 0 aliphatic carbocycles. The van der Waals surface area contributed by atoms with E-state index < -0.39 is 36.9 Å². The van der Waals surface area contributed by atoms with Gasteiger partial charge in [0.1, 0.15) is 24.5 Å². The van der Waals surface area contributed by atoms with Gasteiger partial charge in [0.2, 0.25) is 5.79 Å². The fraction of sp³-hybridized carbons (Fsp3) is 1.00. The molecule has 7 nitrogen and oxygen atoms in total. The number of aliphatic hydroxyl groups excluding tert-OH is 4. The molecule has 5 N–H and O–H groups in total. The molecule has 0 aromatic carbocycles. The number of hydrogen-bond acceptors (Lipinski definition) is 7. The van der Waals surface area contributed by atoms with E-state index in [0.29, 0.717) is 13.1 Å². The summed E-state index contributed by atoms with van der Waals surface area (Å²) >= 11 is 0.